The van der Waals surface area contributed by atoms with Gasteiger partial charge >= 0.3 is 0 Å². The van der Waals surface area contributed by atoms with Gasteiger partial charge in [-0.05, 0) is 0 Å². The van der Waals surface area contributed by atoms with Crippen LogP contribution in [-0.2, 0) is 9.47 Å². The van der Waals surface area contributed by atoms with Crippen molar-refractivity contribution in [2.24, 2.45) is 0 Å². The number of methoxy groups -OCH3 is 2. The maximum atomic E-state index is 11.7. The van der Waals surface area contributed by atoms with Crippen molar-refractivity contribution in [3.05, 3.63) is 35.9 Å². The van der Waals surface area contributed by atoms with E-state index in [2.05, 4.69) is 0 Å². The molecule has 0 unspecified atom stereocenters. The first kappa shape index (κ1) is 11.9. The molecule has 0 aliphatic rings. The van der Waals surface area contributed by atoms with E-state index >= 15 is 0 Å². The second-order valence-corrected chi connectivity index (χ2v) is 3.23. The Morgan fingerprint density at radius 2 is 1.80 bits per heavy atom. The molecule has 0 spiro atoms. The number of hydrogen-bond acceptors (Lipinski definition) is 3. The number of carbonyl (C=O) groups is 1. The monoisotopic (exact) mass is 208 g/mol. The van der Waals surface area contributed by atoms with Gasteiger partial charge in [0.25, 0.3) is 0 Å². The maximum Gasteiger partial charge on any atom is 0.163 e. The molecule has 0 radical (unpaired) electrons. The summed E-state index contributed by atoms with van der Waals surface area (Å²) in [5, 5.41) is 0. The number of hydrogen-bond donors (Lipinski definition) is 0. The first-order valence-corrected chi connectivity index (χ1v) is 4.91. The molecule has 0 bridgehead atoms. The molecule has 1 rings (SSSR count). The molecule has 3 nitrogen and oxygen atoms in total. The largest absolute Gasteiger partial charge is 0.356 e. The minimum atomic E-state index is -0.294. The Morgan fingerprint density at radius 1 is 1.20 bits per heavy atom. The smallest absolute Gasteiger partial charge is 0.163 e. The predicted octanol–water partition coefficient (Wildman–Crippen LogP) is 2.27. The van der Waals surface area contributed by atoms with Crippen LogP contribution in [0.1, 0.15) is 23.2 Å². The number of ether oxygens (including phenoxy) is 2. The number of carbonyl (C=O) groups excluding carboxylic acids is 1. The van der Waals surface area contributed by atoms with Crippen molar-refractivity contribution < 1.29 is 14.3 Å². The van der Waals surface area contributed by atoms with E-state index < -0.39 is 0 Å². The van der Waals surface area contributed by atoms with E-state index in [4.69, 9.17) is 9.47 Å². The van der Waals surface area contributed by atoms with E-state index in [1.165, 1.54) is 0 Å². The summed E-state index contributed by atoms with van der Waals surface area (Å²) in [6.07, 6.45) is 0.731. The van der Waals surface area contributed by atoms with Gasteiger partial charge in [-0.25, -0.2) is 0 Å². The molecule has 3 heteroatoms. The lowest BCUT2D eigenvalue weighted by Crippen LogP contribution is -2.14. The molecule has 0 atom stereocenters. The van der Waals surface area contributed by atoms with Crippen LogP contribution >= 0.6 is 0 Å². The third kappa shape index (κ3) is 3.81. The third-order valence-corrected chi connectivity index (χ3v) is 2.23. The lowest BCUT2D eigenvalue weighted by molar-refractivity contribution is -0.105. The molecule has 0 N–H and O–H groups in total. The molecule has 15 heavy (non-hydrogen) atoms. The lowest BCUT2D eigenvalue weighted by atomic mass is 10.1. The van der Waals surface area contributed by atoms with Crippen LogP contribution in [-0.4, -0.2) is 26.3 Å². The van der Waals surface area contributed by atoms with Crippen LogP contribution in [0, 0.1) is 0 Å². The van der Waals surface area contributed by atoms with E-state index in [1.807, 2.05) is 30.3 Å². The minimum Gasteiger partial charge on any atom is -0.356 e. The van der Waals surface area contributed by atoms with Crippen molar-refractivity contribution in [3.8, 4) is 0 Å². The Labute approximate surface area is 90.0 Å². The Hall–Kier alpha value is -1.19. The summed E-state index contributed by atoms with van der Waals surface area (Å²) in [5.41, 5.74) is 0.739. The summed E-state index contributed by atoms with van der Waals surface area (Å²) < 4.78 is 10.0. The van der Waals surface area contributed by atoms with Gasteiger partial charge in [-0.1, -0.05) is 30.3 Å². The van der Waals surface area contributed by atoms with Crippen molar-refractivity contribution in [2.75, 3.05) is 14.2 Å². The molecular formula is C12H16O3. The summed E-state index contributed by atoms with van der Waals surface area (Å²) in [6.45, 7) is 0. The number of Topliss-reactive ketones (excluding diaryl/α,β-unsaturated/α-hetero) is 1. The molecule has 1 aromatic rings. The number of benzene rings is 1. The fraction of sp³-hybridized carbons (Fsp3) is 0.417. The number of rotatable bonds is 6. The highest BCUT2D eigenvalue weighted by Gasteiger charge is 2.10. The summed E-state index contributed by atoms with van der Waals surface area (Å²) in [5.74, 6) is 0.120. The zero-order valence-electron chi connectivity index (χ0n) is 9.10. The van der Waals surface area contributed by atoms with Gasteiger partial charge in [-0.2, -0.15) is 0 Å². The van der Waals surface area contributed by atoms with Gasteiger partial charge in [0.15, 0.2) is 12.1 Å². The van der Waals surface area contributed by atoms with Crippen LogP contribution in [0.2, 0.25) is 0 Å². The van der Waals surface area contributed by atoms with Crippen LogP contribution in [0.15, 0.2) is 30.3 Å². The van der Waals surface area contributed by atoms with Crippen LogP contribution in [0.3, 0.4) is 0 Å². The van der Waals surface area contributed by atoms with E-state index in [-0.39, 0.29) is 12.1 Å². The van der Waals surface area contributed by atoms with Gasteiger partial charge < -0.3 is 9.47 Å². The zero-order chi connectivity index (χ0) is 11.1. The lowest BCUT2D eigenvalue weighted by Gasteiger charge is -2.12. The first-order valence-electron chi connectivity index (χ1n) is 4.91. The molecule has 0 heterocycles. The highest BCUT2D eigenvalue weighted by atomic mass is 16.7. The van der Waals surface area contributed by atoms with Gasteiger partial charge in [0.2, 0.25) is 0 Å². The summed E-state index contributed by atoms with van der Waals surface area (Å²) >= 11 is 0. The van der Waals surface area contributed by atoms with Gasteiger partial charge in [0.1, 0.15) is 0 Å². The average Bonchev–Trinajstić information content (AvgIpc) is 2.31. The molecule has 0 fully saturated rings. The fourth-order valence-corrected chi connectivity index (χ4v) is 1.35. The maximum absolute atomic E-state index is 11.7. The van der Waals surface area contributed by atoms with E-state index in [9.17, 15) is 4.79 Å². The molecule has 0 aliphatic carbocycles. The van der Waals surface area contributed by atoms with Crippen molar-refractivity contribution in [1.29, 1.82) is 0 Å². The van der Waals surface area contributed by atoms with Crippen molar-refractivity contribution in [1.82, 2.24) is 0 Å². The first-order chi connectivity index (χ1) is 7.27. The summed E-state index contributed by atoms with van der Waals surface area (Å²) in [4.78, 5) is 11.7. The summed E-state index contributed by atoms with van der Waals surface area (Å²) in [6, 6.07) is 9.24. The molecule has 0 saturated heterocycles. The molecular weight excluding hydrogens is 192 g/mol. The highest BCUT2D eigenvalue weighted by molar-refractivity contribution is 5.95. The third-order valence-electron chi connectivity index (χ3n) is 2.23. The van der Waals surface area contributed by atoms with Crippen molar-refractivity contribution >= 4 is 5.78 Å². The Balaban J connectivity index is 2.43. The second kappa shape index (κ2) is 6.32. The van der Waals surface area contributed by atoms with Crippen molar-refractivity contribution in [2.45, 2.75) is 19.1 Å². The van der Waals surface area contributed by atoms with Gasteiger partial charge in [0.05, 0.1) is 0 Å². The Kier molecular flexibility index (Phi) is 5.01. The Morgan fingerprint density at radius 3 is 2.33 bits per heavy atom. The Bertz CT molecular complexity index is 291. The molecule has 0 aromatic heterocycles. The van der Waals surface area contributed by atoms with Crippen molar-refractivity contribution in [3.63, 3.8) is 0 Å². The van der Waals surface area contributed by atoms with Gasteiger partial charge in [-0.15, -0.1) is 0 Å². The summed E-state index contributed by atoms with van der Waals surface area (Å²) in [7, 11) is 3.14. The van der Waals surface area contributed by atoms with E-state index in [0.29, 0.717) is 12.8 Å². The van der Waals surface area contributed by atoms with E-state index in [0.717, 1.165) is 5.56 Å². The van der Waals surface area contributed by atoms with Gasteiger partial charge in [0, 0.05) is 32.6 Å². The predicted molar refractivity (Wildman–Crippen MR) is 57.8 cm³/mol. The van der Waals surface area contributed by atoms with Crippen LogP contribution in [0.5, 0.6) is 0 Å². The minimum absolute atomic E-state index is 0.120. The fourth-order valence-electron chi connectivity index (χ4n) is 1.35. The normalized spacial score (nSPS) is 10.6. The average molecular weight is 208 g/mol. The highest BCUT2D eigenvalue weighted by Crippen LogP contribution is 2.08. The van der Waals surface area contributed by atoms with Crippen LogP contribution < -0.4 is 0 Å². The SMILES string of the molecule is COC(CCC(=O)c1ccccc1)OC. The zero-order valence-corrected chi connectivity index (χ0v) is 9.10. The topological polar surface area (TPSA) is 35.5 Å². The van der Waals surface area contributed by atoms with Crippen LogP contribution in [0.25, 0.3) is 0 Å². The number of ketones is 1. The van der Waals surface area contributed by atoms with Crippen LogP contribution in [0.4, 0.5) is 0 Å². The molecule has 0 amide bonds. The quantitative estimate of drug-likeness (QED) is 0.531. The second-order valence-electron chi connectivity index (χ2n) is 3.23. The molecule has 0 saturated carbocycles. The van der Waals surface area contributed by atoms with Gasteiger partial charge in [-0.3, -0.25) is 4.79 Å². The van der Waals surface area contributed by atoms with E-state index in [1.54, 1.807) is 14.2 Å². The molecule has 0 aliphatic heterocycles. The standard InChI is InChI=1S/C12H16O3/c1-14-12(15-2)9-8-11(13)10-6-4-3-5-7-10/h3-7,12H,8-9H2,1-2H3. The molecule has 1 aromatic carbocycles. The molecule has 82 valence electrons.